The number of amides is 1. The van der Waals surface area contributed by atoms with Crippen molar-refractivity contribution in [2.24, 2.45) is 0 Å². The van der Waals surface area contributed by atoms with Crippen molar-refractivity contribution in [3.8, 4) is 0 Å². The molecule has 2 heterocycles. The molecule has 1 aliphatic rings. The largest absolute Gasteiger partial charge is 0.468 e. The summed E-state index contributed by atoms with van der Waals surface area (Å²) >= 11 is 0. The lowest BCUT2D eigenvalue weighted by Crippen LogP contribution is -2.35. The standard InChI is InChI=1S/C20H24N2O6S/c23-19(22-11-3-1-2-4-12-22)15-28-20(24)16-7-9-18(10-8-16)29(25,26)21-14-17-6-5-13-27-17/h5-10,13,21H,1-4,11-12,14-15H2. The van der Waals surface area contributed by atoms with E-state index < -0.39 is 16.0 Å². The normalized spacial score (nSPS) is 15.0. The average Bonchev–Trinajstić information content (AvgIpc) is 3.11. The second kappa shape index (κ2) is 9.71. The van der Waals surface area contributed by atoms with E-state index in [1.165, 1.54) is 30.5 Å². The fourth-order valence-corrected chi connectivity index (χ4v) is 4.05. The van der Waals surface area contributed by atoms with Crippen LogP contribution in [0, 0.1) is 0 Å². The SMILES string of the molecule is O=C(OCC(=O)N1CCCCCC1)c1ccc(S(=O)(=O)NCc2ccco2)cc1. The minimum atomic E-state index is -3.75. The Labute approximate surface area is 169 Å². The molecule has 9 heteroatoms. The van der Waals surface area contributed by atoms with Gasteiger partial charge in [-0.2, -0.15) is 0 Å². The number of carbonyl (C=O) groups is 2. The van der Waals surface area contributed by atoms with E-state index in [-0.39, 0.29) is 29.5 Å². The van der Waals surface area contributed by atoms with Gasteiger partial charge in [0.15, 0.2) is 6.61 Å². The zero-order chi connectivity index (χ0) is 20.7. The Morgan fingerprint density at radius 1 is 1.03 bits per heavy atom. The highest BCUT2D eigenvalue weighted by molar-refractivity contribution is 7.89. The van der Waals surface area contributed by atoms with Crippen molar-refractivity contribution >= 4 is 21.9 Å². The van der Waals surface area contributed by atoms with Crippen LogP contribution in [0.2, 0.25) is 0 Å². The van der Waals surface area contributed by atoms with Crippen molar-refractivity contribution in [1.82, 2.24) is 9.62 Å². The number of nitrogens with zero attached hydrogens (tertiary/aromatic N) is 1. The van der Waals surface area contributed by atoms with Gasteiger partial charge in [0.25, 0.3) is 5.91 Å². The third-order valence-electron chi connectivity index (χ3n) is 4.70. The molecule has 0 spiro atoms. The zero-order valence-electron chi connectivity index (χ0n) is 16.0. The maximum Gasteiger partial charge on any atom is 0.338 e. The number of benzene rings is 1. The first kappa shape index (κ1) is 21.1. The van der Waals surface area contributed by atoms with Crippen LogP contribution in [0.1, 0.15) is 41.8 Å². The van der Waals surface area contributed by atoms with Gasteiger partial charge in [-0.15, -0.1) is 0 Å². The van der Waals surface area contributed by atoms with Crippen LogP contribution < -0.4 is 4.72 Å². The summed E-state index contributed by atoms with van der Waals surface area (Å²) in [6.07, 6.45) is 5.60. The minimum absolute atomic E-state index is 0.0150. The molecule has 8 nitrogen and oxygen atoms in total. The first-order valence-electron chi connectivity index (χ1n) is 9.53. The summed E-state index contributed by atoms with van der Waals surface area (Å²) in [4.78, 5) is 26.1. The number of rotatable bonds is 7. The number of hydrogen-bond acceptors (Lipinski definition) is 6. The maximum atomic E-state index is 12.3. The lowest BCUT2D eigenvalue weighted by atomic mass is 10.2. The molecule has 0 unspecified atom stereocenters. The van der Waals surface area contributed by atoms with E-state index >= 15 is 0 Å². The molecule has 1 saturated heterocycles. The van der Waals surface area contributed by atoms with E-state index in [1.54, 1.807) is 17.0 Å². The highest BCUT2D eigenvalue weighted by Crippen LogP contribution is 2.13. The molecule has 1 aliphatic heterocycles. The van der Waals surface area contributed by atoms with Gasteiger partial charge >= 0.3 is 5.97 Å². The van der Waals surface area contributed by atoms with Crippen molar-refractivity contribution in [2.45, 2.75) is 37.1 Å². The van der Waals surface area contributed by atoms with Crippen LogP contribution >= 0.6 is 0 Å². The summed E-state index contributed by atoms with van der Waals surface area (Å²) in [6, 6.07) is 8.69. The molecule has 1 aromatic carbocycles. The van der Waals surface area contributed by atoms with Gasteiger partial charge in [0.2, 0.25) is 10.0 Å². The van der Waals surface area contributed by atoms with Gasteiger partial charge in [-0.3, -0.25) is 4.79 Å². The first-order valence-corrected chi connectivity index (χ1v) is 11.0. The number of nitrogens with one attached hydrogen (secondary N) is 1. The fraction of sp³-hybridized carbons (Fsp3) is 0.400. The molecular formula is C20H24N2O6S. The van der Waals surface area contributed by atoms with Crippen molar-refractivity contribution in [1.29, 1.82) is 0 Å². The molecule has 0 radical (unpaired) electrons. The van der Waals surface area contributed by atoms with Crippen LogP contribution in [0.4, 0.5) is 0 Å². The summed E-state index contributed by atoms with van der Waals surface area (Å²) in [7, 11) is -3.75. The van der Waals surface area contributed by atoms with Gasteiger partial charge in [-0.05, 0) is 49.2 Å². The van der Waals surface area contributed by atoms with Gasteiger partial charge in [-0.25, -0.2) is 17.9 Å². The summed E-state index contributed by atoms with van der Waals surface area (Å²) in [6.45, 7) is 1.09. The Kier molecular flexibility index (Phi) is 7.05. The topological polar surface area (TPSA) is 106 Å². The quantitative estimate of drug-likeness (QED) is 0.689. The predicted molar refractivity (Wildman–Crippen MR) is 105 cm³/mol. The fourth-order valence-electron chi connectivity index (χ4n) is 3.05. The summed E-state index contributed by atoms with van der Waals surface area (Å²) < 4.78 is 37.2. The zero-order valence-corrected chi connectivity index (χ0v) is 16.8. The molecule has 3 rings (SSSR count). The first-order chi connectivity index (χ1) is 14.0. The number of furan rings is 1. The predicted octanol–water partition coefficient (Wildman–Crippen LogP) is 2.32. The highest BCUT2D eigenvalue weighted by Gasteiger charge is 2.19. The van der Waals surface area contributed by atoms with Crippen molar-refractivity contribution in [2.75, 3.05) is 19.7 Å². The van der Waals surface area contributed by atoms with Crippen molar-refractivity contribution < 1.29 is 27.2 Å². The number of esters is 1. The summed E-state index contributed by atoms with van der Waals surface area (Å²) in [5.74, 6) is -0.384. The van der Waals surface area contributed by atoms with Crippen molar-refractivity contribution in [3.05, 3.63) is 54.0 Å². The van der Waals surface area contributed by atoms with Crippen LogP contribution in [0.15, 0.2) is 52.0 Å². The molecule has 1 N–H and O–H groups in total. The minimum Gasteiger partial charge on any atom is -0.468 e. The molecular weight excluding hydrogens is 396 g/mol. The number of hydrogen-bond donors (Lipinski definition) is 1. The molecule has 0 saturated carbocycles. The Morgan fingerprint density at radius 3 is 2.34 bits per heavy atom. The molecule has 0 atom stereocenters. The monoisotopic (exact) mass is 420 g/mol. The molecule has 29 heavy (non-hydrogen) atoms. The molecule has 1 fully saturated rings. The van der Waals surface area contributed by atoms with Gasteiger partial charge in [-0.1, -0.05) is 12.8 Å². The second-order valence-electron chi connectivity index (χ2n) is 6.80. The molecule has 0 aliphatic carbocycles. The van der Waals surface area contributed by atoms with Crippen LogP contribution in [0.3, 0.4) is 0 Å². The molecule has 1 amide bonds. The number of likely N-dealkylation sites (tertiary alicyclic amines) is 1. The van der Waals surface area contributed by atoms with E-state index in [1.807, 2.05) is 0 Å². The molecule has 0 bridgehead atoms. The van der Waals surface area contributed by atoms with Gasteiger partial charge < -0.3 is 14.1 Å². The molecule has 156 valence electrons. The summed E-state index contributed by atoms with van der Waals surface area (Å²) in [5.41, 5.74) is 0.179. The van der Waals surface area contributed by atoms with Crippen LogP contribution in [-0.4, -0.2) is 44.9 Å². The third-order valence-corrected chi connectivity index (χ3v) is 6.12. The maximum absolute atomic E-state index is 12.3. The molecule has 1 aromatic heterocycles. The van der Waals surface area contributed by atoms with E-state index in [0.29, 0.717) is 18.8 Å². The van der Waals surface area contributed by atoms with Gasteiger partial charge in [0.05, 0.1) is 23.3 Å². The Hall–Kier alpha value is -2.65. The van der Waals surface area contributed by atoms with Crippen LogP contribution in [0.25, 0.3) is 0 Å². The smallest absolute Gasteiger partial charge is 0.338 e. The number of carbonyl (C=O) groups excluding carboxylic acids is 2. The second-order valence-corrected chi connectivity index (χ2v) is 8.57. The van der Waals surface area contributed by atoms with Crippen LogP contribution in [-0.2, 0) is 26.1 Å². The lowest BCUT2D eigenvalue weighted by Gasteiger charge is -2.19. The Balaban J connectivity index is 1.53. The number of ether oxygens (including phenoxy) is 1. The number of sulfonamides is 1. The highest BCUT2D eigenvalue weighted by atomic mass is 32.2. The molecule has 2 aromatic rings. The van der Waals surface area contributed by atoms with Crippen LogP contribution in [0.5, 0.6) is 0 Å². The summed E-state index contributed by atoms with van der Waals surface area (Å²) in [5, 5.41) is 0. The van der Waals surface area contributed by atoms with Gasteiger partial charge in [0, 0.05) is 13.1 Å². The van der Waals surface area contributed by atoms with E-state index in [2.05, 4.69) is 4.72 Å². The average molecular weight is 420 g/mol. The Morgan fingerprint density at radius 2 is 1.72 bits per heavy atom. The van der Waals surface area contributed by atoms with E-state index in [9.17, 15) is 18.0 Å². The van der Waals surface area contributed by atoms with Crippen molar-refractivity contribution in [3.63, 3.8) is 0 Å². The van der Waals surface area contributed by atoms with E-state index in [0.717, 1.165) is 25.7 Å². The third kappa shape index (κ3) is 5.91. The Bertz CT molecular complexity index is 914. The lowest BCUT2D eigenvalue weighted by molar-refractivity contribution is -0.134. The van der Waals surface area contributed by atoms with Gasteiger partial charge in [0.1, 0.15) is 5.76 Å². The van der Waals surface area contributed by atoms with E-state index in [4.69, 9.17) is 9.15 Å².